The molecule has 0 saturated heterocycles. The number of hydrogen-bond acceptors (Lipinski definition) is 4. The van der Waals surface area contributed by atoms with E-state index in [4.69, 9.17) is 12.8 Å². The monoisotopic (exact) mass is 630 g/mol. The molecule has 0 spiro atoms. The Hall–Kier alpha value is -4.42. The Morgan fingerprint density at radius 1 is 0.600 bits per heavy atom. The molecule has 0 bridgehead atoms. The van der Waals surface area contributed by atoms with Gasteiger partial charge in [-0.3, -0.25) is 0 Å². The first-order valence-electron chi connectivity index (χ1n) is 14.9. The fraction of sp³-hybridized carbons (Fsp3) is 0.158. The van der Waals surface area contributed by atoms with Crippen LogP contribution in [-0.4, -0.2) is 47.3 Å². The molecule has 0 aliphatic heterocycles. The normalized spacial score (nSPS) is 11.5. The molecular weight excluding hydrogens is 593 g/mol. The first-order chi connectivity index (χ1) is 22.0. The predicted molar refractivity (Wildman–Crippen MR) is 192 cm³/mol. The zero-order chi connectivity index (χ0) is 31.5. The van der Waals surface area contributed by atoms with Crippen molar-refractivity contribution in [2.75, 3.05) is 43.8 Å². The first-order valence-corrected chi connectivity index (χ1v) is 18.4. The van der Waals surface area contributed by atoms with E-state index in [1.807, 2.05) is 29.2 Å². The number of sulfonamides is 1. The van der Waals surface area contributed by atoms with Crippen LogP contribution in [0.1, 0.15) is 0 Å². The smallest absolute Gasteiger partial charge is 0.241 e. The van der Waals surface area contributed by atoms with Crippen molar-refractivity contribution in [2.24, 2.45) is 0 Å². The highest BCUT2D eigenvalue weighted by Crippen LogP contribution is 2.54. The van der Waals surface area contributed by atoms with E-state index in [-0.39, 0.29) is 11.4 Å². The van der Waals surface area contributed by atoms with E-state index in [0.29, 0.717) is 25.0 Å². The number of fused-ring (bicyclic) bond motifs is 1. The van der Waals surface area contributed by atoms with Crippen LogP contribution in [0.25, 0.3) is 10.8 Å². The number of nitrogens with zero attached hydrogens (tertiary/aromatic N) is 1. The Balaban J connectivity index is 1.31. The van der Waals surface area contributed by atoms with E-state index < -0.39 is 17.3 Å². The standard InChI is InChI=1S/C38H37N3O2PS/c1-3-29-41(30-4-2)37-24-14-23-36-35(37)22-15-25-38(36)45(42,43)40-27-26-39-28-31-44(32-16-8-5-9-17-32,33-18-10-6-11-19-33)34-20-12-7-13-21-34/h1-2,5-25,39-40H,26-31H2/q+1. The lowest BCUT2D eigenvalue weighted by atomic mass is 10.1. The molecule has 0 heterocycles. The van der Waals surface area contributed by atoms with Crippen molar-refractivity contribution < 1.29 is 8.42 Å². The number of benzene rings is 5. The molecule has 0 aliphatic carbocycles. The predicted octanol–water partition coefficient (Wildman–Crippen LogP) is 4.77. The second-order valence-electron chi connectivity index (χ2n) is 10.6. The van der Waals surface area contributed by atoms with Gasteiger partial charge in [0, 0.05) is 36.1 Å². The van der Waals surface area contributed by atoms with Crippen LogP contribution in [0.15, 0.2) is 132 Å². The Kier molecular flexibility index (Phi) is 10.7. The highest BCUT2D eigenvalue weighted by Gasteiger charge is 2.44. The lowest BCUT2D eigenvalue weighted by Crippen LogP contribution is -2.38. The Morgan fingerprint density at radius 3 is 1.64 bits per heavy atom. The van der Waals surface area contributed by atoms with Gasteiger partial charge in [-0.15, -0.1) is 12.8 Å². The Morgan fingerprint density at radius 2 is 1.11 bits per heavy atom. The molecule has 0 aromatic heterocycles. The summed E-state index contributed by atoms with van der Waals surface area (Å²) in [7, 11) is -5.74. The summed E-state index contributed by atoms with van der Waals surface area (Å²) in [5.41, 5.74) is 0.809. The molecule has 5 aromatic rings. The minimum absolute atomic E-state index is 0.227. The van der Waals surface area contributed by atoms with Gasteiger partial charge in [0.05, 0.1) is 24.1 Å². The Labute approximate surface area is 268 Å². The van der Waals surface area contributed by atoms with Gasteiger partial charge in [0.1, 0.15) is 23.2 Å². The molecule has 0 aliphatic rings. The molecule has 2 N–H and O–H groups in total. The summed E-state index contributed by atoms with van der Waals surface area (Å²) in [6.45, 7) is 2.13. The lowest BCUT2D eigenvalue weighted by molar-refractivity contribution is 0.578. The summed E-state index contributed by atoms with van der Waals surface area (Å²) >= 11 is 0. The third kappa shape index (κ3) is 7.12. The molecule has 7 heteroatoms. The molecule has 0 atom stereocenters. The molecule has 5 rings (SSSR count). The van der Waals surface area contributed by atoms with Gasteiger partial charge in [-0.2, -0.15) is 0 Å². The van der Waals surface area contributed by atoms with Crippen molar-refractivity contribution in [1.82, 2.24) is 10.0 Å². The van der Waals surface area contributed by atoms with Gasteiger partial charge < -0.3 is 10.2 Å². The fourth-order valence-electron chi connectivity index (χ4n) is 5.83. The van der Waals surface area contributed by atoms with Gasteiger partial charge in [-0.05, 0) is 48.5 Å². The fourth-order valence-corrected chi connectivity index (χ4v) is 11.3. The molecule has 0 saturated carbocycles. The van der Waals surface area contributed by atoms with Crippen LogP contribution in [-0.2, 0) is 10.0 Å². The number of hydrogen-bond donors (Lipinski definition) is 2. The molecule has 0 amide bonds. The van der Waals surface area contributed by atoms with E-state index in [0.717, 1.165) is 23.8 Å². The van der Waals surface area contributed by atoms with Gasteiger partial charge in [0.2, 0.25) is 10.0 Å². The van der Waals surface area contributed by atoms with Crippen LogP contribution in [0.5, 0.6) is 0 Å². The number of rotatable bonds is 14. The van der Waals surface area contributed by atoms with Gasteiger partial charge in [-0.1, -0.05) is 90.7 Å². The molecule has 226 valence electrons. The molecule has 0 fully saturated rings. The third-order valence-corrected chi connectivity index (χ3v) is 13.8. The molecule has 5 nitrogen and oxygen atoms in total. The summed E-state index contributed by atoms with van der Waals surface area (Å²) in [5.74, 6) is 5.27. The molecule has 5 aromatic carbocycles. The van der Waals surface area contributed by atoms with Gasteiger partial charge in [-0.25, -0.2) is 13.1 Å². The Bertz CT molecular complexity index is 1790. The van der Waals surface area contributed by atoms with E-state index >= 15 is 0 Å². The van der Waals surface area contributed by atoms with Crippen LogP contribution in [0, 0.1) is 24.7 Å². The quantitative estimate of drug-likeness (QED) is 0.105. The van der Waals surface area contributed by atoms with Crippen molar-refractivity contribution in [3.8, 4) is 24.7 Å². The lowest BCUT2D eigenvalue weighted by Gasteiger charge is -2.27. The van der Waals surface area contributed by atoms with Gasteiger partial charge >= 0.3 is 0 Å². The van der Waals surface area contributed by atoms with E-state index in [9.17, 15) is 8.42 Å². The summed E-state index contributed by atoms with van der Waals surface area (Å²) in [6.07, 6.45) is 12.0. The van der Waals surface area contributed by atoms with Gasteiger partial charge in [0.25, 0.3) is 0 Å². The average molecular weight is 631 g/mol. The maximum absolute atomic E-state index is 13.5. The van der Waals surface area contributed by atoms with E-state index in [1.165, 1.54) is 15.9 Å². The van der Waals surface area contributed by atoms with Crippen LogP contribution in [0.2, 0.25) is 0 Å². The second kappa shape index (κ2) is 15.0. The average Bonchev–Trinajstić information content (AvgIpc) is 3.08. The summed E-state index contributed by atoms with van der Waals surface area (Å²) in [4.78, 5) is 2.12. The SMILES string of the molecule is C#CCN(CC#C)c1cccc2c(S(=O)(=O)NCCNCC[P+](c3ccccc3)(c3ccccc3)c3ccccc3)cccc12. The third-order valence-electron chi connectivity index (χ3n) is 7.86. The second-order valence-corrected chi connectivity index (χ2v) is 15.9. The van der Waals surface area contributed by atoms with E-state index in [1.54, 1.807) is 12.1 Å². The minimum Gasteiger partial charge on any atom is -0.349 e. The van der Waals surface area contributed by atoms with Crippen molar-refractivity contribution in [3.63, 3.8) is 0 Å². The maximum Gasteiger partial charge on any atom is 0.241 e. The maximum atomic E-state index is 13.5. The number of terminal acetylenes is 2. The summed E-state index contributed by atoms with van der Waals surface area (Å²) < 4.78 is 29.8. The van der Waals surface area contributed by atoms with Crippen molar-refractivity contribution in [3.05, 3.63) is 127 Å². The van der Waals surface area contributed by atoms with Crippen molar-refractivity contribution >= 4 is 49.7 Å². The summed E-state index contributed by atoms with van der Waals surface area (Å²) in [6, 6.07) is 43.0. The van der Waals surface area contributed by atoms with Crippen molar-refractivity contribution in [2.45, 2.75) is 4.90 Å². The molecule has 0 radical (unpaired) electrons. The van der Waals surface area contributed by atoms with E-state index in [2.05, 4.69) is 113 Å². The van der Waals surface area contributed by atoms with Crippen LogP contribution in [0.3, 0.4) is 0 Å². The molecule has 45 heavy (non-hydrogen) atoms. The zero-order valence-electron chi connectivity index (χ0n) is 25.1. The molecule has 0 unspecified atom stereocenters. The van der Waals surface area contributed by atoms with Crippen LogP contribution < -0.4 is 30.9 Å². The minimum atomic E-state index is -3.78. The largest absolute Gasteiger partial charge is 0.349 e. The molecular formula is C38H37N3O2PS+. The zero-order valence-corrected chi connectivity index (χ0v) is 26.9. The highest BCUT2D eigenvalue weighted by atomic mass is 32.2. The first kappa shape index (κ1) is 32.0. The van der Waals surface area contributed by atoms with Gasteiger partial charge in [0.15, 0.2) is 0 Å². The summed E-state index contributed by atoms with van der Waals surface area (Å²) in [5, 5.41) is 8.89. The number of anilines is 1. The number of nitrogens with one attached hydrogen (secondary N) is 2. The highest BCUT2D eigenvalue weighted by molar-refractivity contribution is 7.95. The van der Waals surface area contributed by atoms with Crippen molar-refractivity contribution in [1.29, 1.82) is 0 Å². The van der Waals surface area contributed by atoms with Crippen LogP contribution in [0.4, 0.5) is 5.69 Å². The topological polar surface area (TPSA) is 61.4 Å². The van der Waals surface area contributed by atoms with Crippen LogP contribution >= 0.6 is 7.26 Å².